The largest absolute Gasteiger partial charge is 0.465 e. The Bertz CT molecular complexity index is 1070. The van der Waals surface area contributed by atoms with Gasteiger partial charge in [-0.05, 0) is 16.7 Å². The zero-order chi connectivity index (χ0) is 27.1. The number of nitrogens with zero attached hydrogens (tertiary/aromatic N) is 3. The molecule has 0 amide bonds. The van der Waals surface area contributed by atoms with Crippen molar-refractivity contribution < 1.29 is 50.1 Å². The fourth-order valence-corrected chi connectivity index (χ4v) is 3.48. The third-order valence-corrected chi connectivity index (χ3v) is 5.32. The number of rotatable bonds is 10. The number of halogens is 6. The zero-order valence-corrected chi connectivity index (χ0v) is 18.9. The summed E-state index contributed by atoms with van der Waals surface area (Å²) in [6.45, 7) is -0.956. The Morgan fingerprint density at radius 3 is 2.05 bits per heavy atom. The van der Waals surface area contributed by atoms with E-state index in [0.717, 1.165) is 0 Å². The summed E-state index contributed by atoms with van der Waals surface area (Å²) in [7, 11) is 0. The molecule has 3 rings (SSSR count). The maximum atomic E-state index is 14.9. The van der Waals surface area contributed by atoms with Crippen LogP contribution in [0.2, 0.25) is 0 Å². The molecular formula is C23H21F6N3O5. The van der Waals surface area contributed by atoms with Crippen molar-refractivity contribution in [3.63, 3.8) is 0 Å². The Kier molecular flexibility index (Phi) is 9.38. The van der Waals surface area contributed by atoms with Gasteiger partial charge in [-0.15, -0.1) is 0 Å². The highest BCUT2D eigenvalue weighted by molar-refractivity contribution is 5.78. The quantitative estimate of drug-likeness (QED) is 0.136. The average molecular weight is 533 g/mol. The van der Waals surface area contributed by atoms with Gasteiger partial charge in [0.05, 0.1) is 19.8 Å². The highest BCUT2D eigenvalue weighted by atomic mass is 19.4. The summed E-state index contributed by atoms with van der Waals surface area (Å²) >= 11 is 0. The van der Waals surface area contributed by atoms with Crippen LogP contribution in [0.5, 0.6) is 0 Å². The van der Waals surface area contributed by atoms with Crippen LogP contribution in [0.1, 0.15) is 11.1 Å². The van der Waals surface area contributed by atoms with Crippen LogP contribution in [0, 0.1) is 0 Å². The summed E-state index contributed by atoms with van der Waals surface area (Å²) in [6, 6.07) is 14.8. The first-order valence-electron chi connectivity index (χ1n) is 10.8. The van der Waals surface area contributed by atoms with E-state index in [1.54, 1.807) is 60.7 Å². The number of alkyl halides is 6. The fourth-order valence-electron chi connectivity index (χ4n) is 3.48. The molecule has 0 bridgehead atoms. The predicted molar refractivity (Wildman–Crippen MR) is 115 cm³/mol. The van der Waals surface area contributed by atoms with Crippen molar-refractivity contribution >= 4 is 5.97 Å². The van der Waals surface area contributed by atoms with Crippen molar-refractivity contribution in [3.8, 4) is 0 Å². The maximum Gasteiger partial charge on any atom is 0.465 e. The second-order valence-corrected chi connectivity index (χ2v) is 7.93. The number of azide groups is 1. The molecule has 0 radical (unpaired) electrons. The van der Waals surface area contributed by atoms with Crippen LogP contribution in [-0.2, 0) is 37.0 Å². The lowest BCUT2D eigenvalue weighted by molar-refractivity contribution is -0.295. The van der Waals surface area contributed by atoms with Gasteiger partial charge in [0, 0.05) is 4.91 Å². The normalized spacial score (nSPS) is 24.2. The Balaban J connectivity index is 1.88. The van der Waals surface area contributed by atoms with Crippen LogP contribution in [0.15, 0.2) is 65.8 Å². The molecule has 0 N–H and O–H groups in total. The summed E-state index contributed by atoms with van der Waals surface area (Å²) in [4.78, 5) is 14.4. The van der Waals surface area contributed by atoms with Crippen molar-refractivity contribution in [2.24, 2.45) is 5.11 Å². The maximum absolute atomic E-state index is 14.9. The SMILES string of the molecule is [N-]=[N+]=N[C@@H]1[C@@H](OCc2ccccc2)[C@@H](OC(=O)C(F)(F)C(F)(F)F)[C@@H](COCc2ccccc2)O[C@@H]1F. The second-order valence-electron chi connectivity index (χ2n) is 7.93. The molecule has 1 saturated heterocycles. The van der Waals surface area contributed by atoms with Gasteiger partial charge in [0.2, 0.25) is 6.36 Å². The lowest BCUT2D eigenvalue weighted by Gasteiger charge is -2.42. The second kappa shape index (κ2) is 12.3. The molecule has 37 heavy (non-hydrogen) atoms. The van der Waals surface area contributed by atoms with Crippen molar-refractivity contribution in [2.45, 2.75) is 56.0 Å². The number of hydrogen-bond donors (Lipinski definition) is 0. The Morgan fingerprint density at radius 1 is 0.946 bits per heavy atom. The fraction of sp³-hybridized carbons (Fsp3) is 0.435. The van der Waals surface area contributed by atoms with Crippen molar-refractivity contribution in [1.82, 2.24) is 0 Å². The minimum atomic E-state index is -6.26. The van der Waals surface area contributed by atoms with E-state index in [4.69, 9.17) is 19.7 Å². The van der Waals surface area contributed by atoms with Crippen LogP contribution < -0.4 is 0 Å². The summed E-state index contributed by atoms with van der Waals surface area (Å²) in [5.74, 6) is -8.83. The van der Waals surface area contributed by atoms with Gasteiger partial charge in [0.1, 0.15) is 18.2 Å². The van der Waals surface area contributed by atoms with Crippen molar-refractivity contribution in [1.29, 1.82) is 0 Å². The number of carbonyl (C=O) groups excluding carboxylic acids is 1. The molecule has 0 aromatic heterocycles. The van der Waals surface area contributed by atoms with E-state index in [2.05, 4.69) is 14.8 Å². The molecule has 1 fully saturated rings. The number of benzene rings is 2. The first-order valence-corrected chi connectivity index (χ1v) is 10.8. The molecule has 0 saturated carbocycles. The van der Waals surface area contributed by atoms with Crippen LogP contribution >= 0.6 is 0 Å². The number of carbonyl (C=O) groups is 1. The molecule has 5 atom stereocenters. The van der Waals surface area contributed by atoms with Gasteiger partial charge in [-0.1, -0.05) is 65.8 Å². The topological polar surface area (TPSA) is 103 Å². The van der Waals surface area contributed by atoms with Gasteiger partial charge < -0.3 is 18.9 Å². The highest BCUT2D eigenvalue weighted by Crippen LogP contribution is 2.38. The molecule has 1 heterocycles. The minimum absolute atomic E-state index is 0.0631. The summed E-state index contributed by atoms with van der Waals surface area (Å²) < 4.78 is 101. The minimum Gasteiger partial charge on any atom is -0.452 e. The van der Waals surface area contributed by atoms with Gasteiger partial charge >= 0.3 is 18.1 Å². The van der Waals surface area contributed by atoms with Crippen LogP contribution in [-0.4, -0.2) is 55.4 Å². The Morgan fingerprint density at radius 2 is 1.51 bits per heavy atom. The lowest BCUT2D eigenvalue weighted by atomic mass is 9.97. The van der Waals surface area contributed by atoms with Crippen molar-refractivity contribution in [2.75, 3.05) is 6.61 Å². The molecular weight excluding hydrogens is 512 g/mol. The summed E-state index contributed by atoms with van der Waals surface area (Å²) in [6.07, 6.45) is -14.2. The van der Waals surface area contributed by atoms with E-state index < -0.39 is 55.4 Å². The highest BCUT2D eigenvalue weighted by Gasteiger charge is 2.66. The third kappa shape index (κ3) is 7.13. The Labute approximate surface area is 206 Å². The average Bonchev–Trinajstić information content (AvgIpc) is 2.86. The molecule has 2 aromatic rings. The molecule has 0 aliphatic carbocycles. The van der Waals surface area contributed by atoms with E-state index in [-0.39, 0.29) is 13.2 Å². The van der Waals surface area contributed by atoms with Crippen LogP contribution in [0.4, 0.5) is 26.3 Å². The van der Waals surface area contributed by atoms with Gasteiger partial charge in [0.15, 0.2) is 6.10 Å². The van der Waals surface area contributed by atoms with Crippen LogP contribution in [0.25, 0.3) is 10.4 Å². The Hall–Kier alpha value is -3.32. The van der Waals surface area contributed by atoms with E-state index in [1.807, 2.05) is 0 Å². The van der Waals surface area contributed by atoms with Gasteiger partial charge in [-0.25, -0.2) is 9.18 Å². The molecule has 8 nitrogen and oxygen atoms in total. The van der Waals surface area contributed by atoms with Crippen LogP contribution in [0.3, 0.4) is 0 Å². The smallest absolute Gasteiger partial charge is 0.452 e. The molecule has 0 unspecified atom stereocenters. The molecule has 0 spiro atoms. The molecule has 2 aromatic carbocycles. The summed E-state index contributed by atoms with van der Waals surface area (Å²) in [5.41, 5.74) is 10.0. The van der Waals surface area contributed by atoms with E-state index in [1.165, 1.54) is 0 Å². The summed E-state index contributed by atoms with van der Waals surface area (Å²) in [5, 5.41) is 3.20. The van der Waals surface area contributed by atoms with Gasteiger partial charge in [-0.3, -0.25) is 0 Å². The monoisotopic (exact) mass is 533 g/mol. The first kappa shape index (κ1) is 28.3. The zero-order valence-electron chi connectivity index (χ0n) is 18.9. The molecule has 14 heteroatoms. The van der Waals surface area contributed by atoms with E-state index in [0.29, 0.717) is 11.1 Å². The molecule has 1 aliphatic rings. The number of ether oxygens (including phenoxy) is 4. The third-order valence-electron chi connectivity index (χ3n) is 5.32. The van der Waals surface area contributed by atoms with E-state index >= 15 is 0 Å². The molecule has 1 aliphatic heterocycles. The van der Waals surface area contributed by atoms with Crippen molar-refractivity contribution in [3.05, 3.63) is 82.2 Å². The van der Waals surface area contributed by atoms with Gasteiger partial charge in [-0.2, -0.15) is 22.0 Å². The van der Waals surface area contributed by atoms with E-state index in [9.17, 15) is 31.1 Å². The number of esters is 1. The standard InChI is InChI=1S/C23H21F6N3O5/c24-20-17(31-32-30)19(35-12-15-9-5-2-6-10-15)18(37-21(33)22(25,26)23(27,28)29)16(36-20)13-34-11-14-7-3-1-4-8-14/h1-10,16-20H,11-13H2/t16-,17-,18+,19-,20+/m1/s1. The number of hydrogen-bond acceptors (Lipinski definition) is 6. The van der Waals surface area contributed by atoms with Gasteiger partial charge in [0.25, 0.3) is 0 Å². The first-order chi connectivity index (χ1) is 17.5. The predicted octanol–water partition coefficient (Wildman–Crippen LogP) is 5.27. The molecule has 200 valence electrons. The lowest BCUT2D eigenvalue weighted by Crippen LogP contribution is -2.60.